The van der Waals surface area contributed by atoms with E-state index in [1.54, 1.807) is 6.92 Å². The van der Waals surface area contributed by atoms with Gasteiger partial charge in [-0.1, -0.05) is 0 Å². The number of nitrogens with zero attached hydrogens (tertiary/aromatic N) is 1. The predicted octanol–water partition coefficient (Wildman–Crippen LogP) is -0.943. The van der Waals surface area contributed by atoms with Gasteiger partial charge in [0.15, 0.2) is 0 Å². The number of aliphatic hydroxyl groups excluding tert-OH is 2. The van der Waals surface area contributed by atoms with Crippen molar-refractivity contribution in [1.82, 2.24) is 4.90 Å². The largest absolute Gasteiger partial charge is 0.388 e. The Bertz CT molecular complexity index is 149. The fraction of sp³-hybridized carbons (Fsp3) is 1.00. The van der Waals surface area contributed by atoms with Crippen molar-refractivity contribution >= 4 is 0 Å². The molecule has 12 heavy (non-hydrogen) atoms. The van der Waals surface area contributed by atoms with Gasteiger partial charge in [-0.3, -0.25) is 0 Å². The summed E-state index contributed by atoms with van der Waals surface area (Å²) in [6.45, 7) is 2.41. The van der Waals surface area contributed by atoms with E-state index in [9.17, 15) is 10.2 Å². The van der Waals surface area contributed by atoms with Gasteiger partial charge >= 0.3 is 0 Å². The molecule has 0 unspecified atom stereocenters. The molecule has 0 aromatic carbocycles. The van der Waals surface area contributed by atoms with Gasteiger partial charge < -0.3 is 19.8 Å². The monoisotopic (exact) mass is 175 g/mol. The van der Waals surface area contributed by atoms with Crippen molar-refractivity contribution in [3.8, 4) is 0 Å². The van der Waals surface area contributed by atoms with E-state index in [0.29, 0.717) is 6.54 Å². The van der Waals surface area contributed by atoms with Gasteiger partial charge in [-0.15, -0.1) is 0 Å². The van der Waals surface area contributed by atoms with Gasteiger partial charge in [0.1, 0.15) is 12.2 Å². The topological polar surface area (TPSA) is 52.9 Å². The average molecular weight is 175 g/mol. The molecule has 0 bridgehead atoms. The molecule has 1 saturated heterocycles. The van der Waals surface area contributed by atoms with Gasteiger partial charge in [-0.25, -0.2) is 0 Å². The molecule has 2 N–H and O–H groups in total. The molecule has 1 aliphatic heterocycles. The van der Waals surface area contributed by atoms with Crippen LogP contribution in [-0.2, 0) is 4.74 Å². The van der Waals surface area contributed by atoms with Gasteiger partial charge in [-0.2, -0.15) is 0 Å². The molecular formula is C8H17NO3. The van der Waals surface area contributed by atoms with Gasteiger partial charge in [0.2, 0.25) is 0 Å². The van der Waals surface area contributed by atoms with Gasteiger partial charge in [0.25, 0.3) is 0 Å². The molecule has 4 atom stereocenters. The normalized spacial score (nSPS) is 42.5. The zero-order valence-corrected chi connectivity index (χ0v) is 7.77. The molecule has 1 fully saturated rings. The van der Waals surface area contributed by atoms with Crippen LogP contribution < -0.4 is 0 Å². The van der Waals surface area contributed by atoms with Crippen molar-refractivity contribution in [2.24, 2.45) is 0 Å². The van der Waals surface area contributed by atoms with E-state index >= 15 is 0 Å². The second-order valence-electron chi connectivity index (χ2n) is 3.62. The predicted molar refractivity (Wildman–Crippen MR) is 44.9 cm³/mol. The Labute approximate surface area is 72.7 Å². The Morgan fingerprint density at radius 2 is 1.83 bits per heavy atom. The Balaban J connectivity index is 2.47. The maximum absolute atomic E-state index is 9.48. The summed E-state index contributed by atoms with van der Waals surface area (Å²) in [6, 6.07) is 0. The third-order valence-electron chi connectivity index (χ3n) is 2.15. The molecule has 0 amide bonds. The van der Waals surface area contributed by atoms with E-state index in [0.717, 1.165) is 0 Å². The van der Waals surface area contributed by atoms with Crippen molar-refractivity contribution in [3.63, 3.8) is 0 Å². The van der Waals surface area contributed by atoms with E-state index in [-0.39, 0.29) is 12.2 Å². The molecule has 1 aliphatic rings. The van der Waals surface area contributed by atoms with Crippen LogP contribution in [0.3, 0.4) is 0 Å². The van der Waals surface area contributed by atoms with Crippen molar-refractivity contribution in [2.75, 3.05) is 20.6 Å². The van der Waals surface area contributed by atoms with Crippen LogP contribution in [0.5, 0.6) is 0 Å². The summed E-state index contributed by atoms with van der Waals surface area (Å²) in [4.78, 5) is 1.93. The molecule has 1 heterocycles. The molecule has 4 nitrogen and oxygen atoms in total. The smallest absolute Gasteiger partial charge is 0.110 e. The SMILES string of the molecule is C[C@H]1O[C@@H](CN(C)C)[C@H](O)[C@H]1O. The number of ether oxygens (including phenoxy) is 1. The Morgan fingerprint density at radius 1 is 1.25 bits per heavy atom. The highest BCUT2D eigenvalue weighted by molar-refractivity contribution is 4.89. The third kappa shape index (κ3) is 1.95. The van der Waals surface area contributed by atoms with Crippen LogP contribution in [0, 0.1) is 0 Å². The molecule has 0 aromatic heterocycles. The highest BCUT2D eigenvalue weighted by Gasteiger charge is 2.39. The minimum Gasteiger partial charge on any atom is -0.388 e. The maximum Gasteiger partial charge on any atom is 0.110 e. The van der Waals surface area contributed by atoms with Crippen LogP contribution in [-0.4, -0.2) is 60.2 Å². The van der Waals surface area contributed by atoms with E-state index in [4.69, 9.17) is 4.74 Å². The lowest BCUT2D eigenvalue weighted by Crippen LogP contribution is -2.37. The first kappa shape index (κ1) is 9.92. The lowest BCUT2D eigenvalue weighted by molar-refractivity contribution is 0.00228. The summed E-state index contributed by atoms with van der Waals surface area (Å²) in [6.07, 6.45) is -2.01. The van der Waals surface area contributed by atoms with E-state index < -0.39 is 12.2 Å². The summed E-state index contributed by atoms with van der Waals surface area (Å²) in [7, 11) is 3.82. The van der Waals surface area contributed by atoms with Gasteiger partial charge in [0.05, 0.1) is 12.2 Å². The van der Waals surface area contributed by atoms with Crippen molar-refractivity contribution in [1.29, 1.82) is 0 Å². The van der Waals surface area contributed by atoms with E-state index in [2.05, 4.69) is 0 Å². The Kier molecular flexibility index (Phi) is 3.06. The Morgan fingerprint density at radius 3 is 2.17 bits per heavy atom. The van der Waals surface area contributed by atoms with E-state index in [1.807, 2.05) is 19.0 Å². The van der Waals surface area contributed by atoms with Gasteiger partial charge in [-0.05, 0) is 21.0 Å². The second kappa shape index (κ2) is 3.70. The van der Waals surface area contributed by atoms with Crippen LogP contribution in [0.15, 0.2) is 0 Å². The summed E-state index contributed by atoms with van der Waals surface area (Å²) in [5.74, 6) is 0. The van der Waals surface area contributed by atoms with Crippen molar-refractivity contribution < 1.29 is 14.9 Å². The summed E-state index contributed by atoms with van der Waals surface area (Å²) in [5.41, 5.74) is 0. The first-order valence-electron chi connectivity index (χ1n) is 4.18. The molecule has 72 valence electrons. The number of rotatable bonds is 2. The summed E-state index contributed by atoms with van der Waals surface area (Å²) >= 11 is 0. The molecule has 0 saturated carbocycles. The minimum absolute atomic E-state index is 0.259. The third-order valence-corrected chi connectivity index (χ3v) is 2.15. The highest BCUT2D eigenvalue weighted by atomic mass is 16.5. The number of hydrogen-bond donors (Lipinski definition) is 2. The quantitative estimate of drug-likeness (QED) is 0.568. The minimum atomic E-state index is -0.748. The van der Waals surface area contributed by atoms with Gasteiger partial charge in [0, 0.05) is 6.54 Å². The zero-order valence-electron chi connectivity index (χ0n) is 7.77. The molecule has 4 heteroatoms. The van der Waals surface area contributed by atoms with E-state index in [1.165, 1.54) is 0 Å². The Hall–Kier alpha value is -0.160. The number of aliphatic hydroxyl groups is 2. The van der Waals surface area contributed by atoms with Crippen LogP contribution in [0.1, 0.15) is 6.92 Å². The first-order valence-corrected chi connectivity index (χ1v) is 4.18. The lowest BCUT2D eigenvalue weighted by atomic mass is 10.1. The molecule has 0 radical (unpaired) electrons. The summed E-state index contributed by atoms with van der Waals surface area (Å²) < 4.78 is 5.35. The van der Waals surface area contributed by atoms with Crippen LogP contribution >= 0.6 is 0 Å². The molecule has 0 aliphatic carbocycles. The fourth-order valence-electron chi connectivity index (χ4n) is 1.45. The second-order valence-corrected chi connectivity index (χ2v) is 3.62. The zero-order chi connectivity index (χ0) is 9.30. The lowest BCUT2D eigenvalue weighted by Gasteiger charge is -2.18. The van der Waals surface area contributed by atoms with Crippen LogP contribution in [0.2, 0.25) is 0 Å². The standard InChI is InChI=1S/C8H17NO3/c1-5-7(10)8(11)6(12-5)4-9(2)3/h5-8,10-11H,4H2,1-3H3/t5-,6+,7+,8+/m1/s1. The average Bonchev–Trinajstić information content (AvgIpc) is 2.17. The molecule has 0 spiro atoms. The van der Waals surface area contributed by atoms with Crippen molar-refractivity contribution in [3.05, 3.63) is 0 Å². The summed E-state index contributed by atoms with van der Waals surface area (Å²) in [5, 5.41) is 18.8. The number of likely N-dealkylation sites (N-methyl/N-ethyl adjacent to an activating group) is 1. The molecule has 1 rings (SSSR count). The van der Waals surface area contributed by atoms with Crippen LogP contribution in [0.25, 0.3) is 0 Å². The first-order chi connectivity index (χ1) is 5.52. The van der Waals surface area contributed by atoms with Crippen molar-refractivity contribution in [2.45, 2.75) is 31.3 Å². The molecule has 0 aromatic rings. The van der Waals surface area contributed by atoms with Crippen LogP contribution in [0.4, 0.5) is 0 Å². The highest BCUT2D eigenvalue weighted by Crippen LogP contribution is 2.20. The number of hydrogen-bond acceptors (Lipinski definition) is 4. The molecular weight excluding hydrogens is 158 g/mol. The maximum atomic E-state index is 9.48. The fourth-order valence-corrected chi connectivity index (χ4v) is 1.45.